The number of methoxy groups -OCH3 is 1. The highest BCUT2D eigenvalue weighted by Crippen LogP contribution is 2.02. The topological polar surface area (TPSA) is 35.5 Å². The van der Waals surface area contributed by atoms with E-state index in [4.69, 9.17) is 9.47 Å². The maximum Gasteiger partial charge on any atom is 0.330 e. The summed E-state index contributed by atoms with van der Waals surface area (Å²) in [5, 5.41) is 0. The zero-order valence-corrected chi connectivity index (χ0v) is 8.87. The second-order valence-corrected chi connectivity index (χ2v) is 2.64. The van der Waals surface area contributed by atoms with E-state index in [0.29, 0.717) is 12.4 Å². The summed E-state index contributed by atoms with van der Waals surface area (Å²) < 4.78 is 9.57. The Morgan fingerprint density at radius 2 is 2.07 bits per heavy atom. The zero-order valence-electron chi connectivity index (χ0n) is 8.87. The monoisotopic (exact) mass is 196 g/mol. The van der Waals surface area contributed by atoms with E-state index in [9.17, 15) is 4.79 Å². The first-order valence-electron chi connectivity index (χ1n) is 4.36. The minimum Gasteiger partial charge on any atom is -0.497 e. The predicted octanol–water partition coefficient (Wildman–Crippen LogP) is 2.21. The van der Waals surface area contributed by atoms with Crippen LogP contribution in [0.2, 0.25) is 0 Å². The maximum absolute atomic E-state index is 10.9. The maximum atomic E-state index is 10.9. The van der Waals surface area contributed by atoms with E-state index in [2.05, 4.69) is 6.58 Å². The SMILES string of the molecule is C=C(/C=C(C)/C=C/C(=O)OCC)OC. The Morgan fingerprint density at radius 1 is 1.43 bits per heavy atom. The molecule has 14 heavy (non-hydrogen) atoms. The Kier molecular flexibility index (Phi) is 6.20. The fraction of sp³-hybridized carbons (Fsp3) is 0.364. The number of carbonyl (C=O) groups excluding carboxylic acids is 1. The van der Waals surface area contributed by atoms with Crippen molar-refractivity contribution in [3.05, 3.63) is 36.1 Å². The summed E-state index contributed by atoms with van der Waals surface area (Å²) in [5.41, 5.74) is 0.880. The van der Waals surface area contributed by atoms with Crippen LogP contribution < -0.4 is 0 Å². The summed E-state index contributed by atoms with van der Waals surface area (Å²) in [6.07, 6.45) is 4.76. The molecule has 0 rings (SSSR count). The van der Waals surface area contributed by atoms with E-state index in [1.54, 1.807) is 26.2 Å². The quantitative estimate of drug-likeness (QED) is 0.293. The van der Waals surface area contributed by atoms with Crippen molar-refractivity contribution in [3.8, 4) is 0 Å². The molecule has 0 radical (unpaired) electrons. The van der Waals surface area contributed by atoms with Crippen molar-refractivity contribution in [1.29, 1.82) is 0 Å². The lowest BCUT2D eigenvalue weighted by atomic mass is 10.2. The van der Waals surface area contributed by atoms with Gasteiger partial charge in [-0.3, -0.25) is 0 Å². The average molecular weight is 196 g/mol. The molecule has 0 aromatic carbocycles. The molecule has 0 aliphatic rings. The molecule has 78 valence electrons. The molecular formula is C11H16O3. The molecule has 0 N–H and O–H groups in total. The minimum absolute atomic E-state index is 0.344. The molecule has 0 saturated carbocycles. The molecule has 0 unspecified atom stereocenters. The van der Waals surface area contributed by atoms with Crippen molar-refractivity contribution in [3.63, 3.8) is 0 Å². The molecule has 3 heteroatoms. The zero-order chi connectivity index (χ0) is 11.0. The van der Waals surface area contributed by atoms with Crippen LogP contribution in [0.15, 0.2) is 36.1 Å². The standard InChI is InChI=1S/C11H16O3/c1-5-14-11(12)7-6-9(2)8-10(3)13-4/h6-8H,3,5H2,1-2,4H3/b7-6+,9-8+. The van der Waals surface area contributed by atoms with E-state index in [-0.39, 0.29) is 5.97 Å². The van der Waals surface area contributed by atoms with E-state index >= 15 is 0 Å². The van der Waals surface area contributed by atoms with Crippen molar-refractivity contribution < 1.29 is 14.3 Å². The third kappa shape index (κ3) is 6.06. The second kappa shape index (κ2) is 6.95. The molecule has 0 aromatic rings. The van der Waals surface area contributed by atoms with Gasteiger partial charge in [-0.25, -0.2) is 4.79 Å². The van der Waals surface area contributed by atoms with Crippen molar-refractivity contribution in [2.75, 3.05) is 13.7 Å². The third-order valence-corrected chi connectivity index (χ3v) is 1.42. The van der Waals surface area contributed by atoms with Crippen molar-refractivity contribution >= 4 is 5.97 Å². The lowest BCUT2D eigenvalue weighted by Gasteiger charge is -1.98. The van der Waals surface area contributed by atoms with Gasteiger partial charge in [-0.1, -0.05) is 12.7 Å². The first-order chi connectivity index (χ1) is 6.60. The largest absolute Gasteiger partial charge is 0.497 e. The van der Waals surface area contributed by atoms with Crippen LogP contribution in [0.4, 0.5) is 0 Å². The van der Waals surface area contributed by atoms with Crippen LogP contribution in [0.3, 0.4) is 0 Å². The van der Waals surface area contributed by atoms with E-state index in [0.717, 1.165) is 5.57 Å². The Bertz CT molecular complexity index is 262. The van der Waals surface area contributed by atoms with Gasteiger partial charge in [-0.2, -0.15) is 0 Å². The van der Waals surface area contributed by atoms with Gasteiger partial charge in [-0.05, 0) is 25.5 Å². The fourth-order valence-electron chi connectivity index (χ4n) is 0.751. The van der Waals surface area contributed by atoms with Crippen LogP contribution in [0.5, 0.6) is 0 Å². The van der Waals surface area contributed by atoms with Crippen LogP contribution in [0.1, 0.15) is 13.8 Å². The molecule has 0 bridgehead atoms. The van der Waals surface area contributed by atoms with Crippen LogP contribution in [0.25, 0.3) is 0 Å². The molecule has 0 heterocycles. The summed E-state index contributed by atoms with van der Waals surface area (Å²) in [6, 6.07) is 0. The van der Waals surface area contributed by atoms with Crippen molar-refractivity contribution in [2.45, 2.75) is 13.8 Å². The van der Waals surface area contributed by atoms with E-state index < -0.39 is 0 Å². The van der Waals surface area contributed by atoms with Gasteiger partial charge in [0, 0.05) is 6.08 Å². The van der Waals surface area contributed by atoms with Crippen molar-refractivity contribution in [2.24, 2.45) is 0 Å². The first kappa shape index (κ1) is 12.5. The van der Waals surface area contributed by atoms with Gasteiger partial charge >= 0.3 is 5.97 Å². The highest BCUT2D eigenvalue weighted by Gasteiger charge is 1.93. The van der Waals surface area contributed by atoms with Crippen LogP contribution >= 0.6 is 0 Å². The molecule has 0 saturated heterocycles. The molecule has 0 atom stereocenters. The lowest BCUT2D eigenvalue weighted by molar-refractivity contribution is -0.137. The van der Waals surface area contributed by atoms with Crippen LogP contribution in [0, 0.1) is 0 Å². The third-order valence-electron chi connectivity index (χ3n) is 1.42. The van der Waals surface area contributed by atoms with Gasteiger partial charge < -0.3 is 9.47 Å². The number of hydrogen-bond donors (Lipinski definition) is 0. The van der Waals surface area contributed by atoms with Crippen LogP contribution in [-0.4, -0.2) is 19.7 Å². The molecule has 0 fully saturated rings. The Morgan fingerprint density at radius 3 is 2.57 bits per heavy atom. The van der Waals surface area contributed by atoms with Gasteiger partial charge in [0.05, 0.1) is 13.7 Å². The summed E-state index contributed by atoms with van der Waals surface area (Å²) in [7, 11) is 1.54. The summed E-state index contributed by atoms with van der Waals surface area (Å²) in [4.78, 5) is 10.9. The molecule has 0 spiro atoms. The molecule has 3 nitrogen and oxygen atoms in total. The van der Waals surface area contributed by atoms with Gasteiger partial charge in [0.1, 0.15) is 5.76 Å². The molecule has 0 aliphatic carbocycles. The Labute approximate surface area is 84.7 Å². The number of esters is 1. The number of ether oxygens (including phenoxy) is 2. The second-order valence-electron chi connectivity index (χ2n) is 2.64. The summed E-state index contributed by atoms with van der Waals surface area (Å²) in [5.74, 6) is 0.208. The lowest BCUT2D eigenvalue weighted by Crippen LogP contribution is -1.98. The predicted molar refractivity (Wildman–Crippen MR) is 55.7 cm³/mol. The van der Waals surface area contributed by atoms with Gasteiger partial charge in [-0.15, -0.1) is 0 Å². The highest BCUT2D eigenvalue weighted by molar-refractivity contribution is 5.82. The molecule has 0 aliphatic heterocycles. The smallest absolute Gasteiger partial charge is 0.330 e. The highest BCUT2D eigenvalue weighted by atomic mass is 16.5. The van der Waals surface area contributed by atoms with Gasteiger partial charge in [0.25, 0.3) is 0 Å². The number of allylic oxidation sites excluding steroid dienone is 3. The van der Waals surface area contributed by atoms with E-state index in [1.807, 2.05) is 6.92 Å². The molecular weight excluding hydrogens is 180 g/mol. The minimum atomic E-state index is -0.344. The van der Waals surface area contributed by atoms with Gasteiger partial charge in [0.2, 0.25) is 0 Å². The van der Waals surface area contributed by atoms with Gasteiger partial charge in [0.15, 0.2) is 0 Å². The number of hydrogen-bond acceptors (Lipinski definition) is 3. The summed E-state index contributed by atoms with van der Waals surface area (Å²) in [6.45, 7) is 7.63. The number of rotatable bonds is 5. The average Bonchev–Trinajstić information content (AvgIpc) is 2.15. The molecule has 0 amide bonds. The Balaban J connectivity index is 4.16. The van der Waals surface area contributed by atoms with Crippen molar-refractivity contribution in [1.82, 2.24) is 0 Å². The molecule has 0 aromatic heterocycles. The number of carbonyl (C=O) groups is 1. The fourth-order valence-corrected chi connectivity index (χ4v) is 0.751. The normalized spacial score (nSPS) is 11.5. The summed E-state index contributed by atoms with van der Waals surface area (Å²) >= 11 is 0. The van der Waals surface area contributed by atoms with E-state index in [1.165, 1.54) is 6.08 Å². The first-order valence-corrected chi connectivity index (χ1v) is 4.36. The Hall–Kier alpha value is -1.51. The van der Waals surface area contributed by atoms with Crippen LogP contribution in [-0.2, 0) is 14.3 Å².